The van der Waals surface area contributed by atoms with Crippen molar-refractivity contribution in [2.75, 3.05) is 4.90 Å². The van der Waals surface area contributed by atoms with Crippen LogP contribution in [0.3, 0.4) is 0 Å². The number of benzene rings is 8. The van der Waals surface area contributed by atoms with E-state index >= 15 is 0 Å². The average Bonchev–Trinajstić information content (AvgIpc) is 3.20. The van der Waals surface area contributed by atoms with Crippen LogP contribution in [-0.4, -0.2) is 0 Å². The fourth-order valence-corrected chi connectivity index (χ4v) is 7.73. The molecule has 0 amide bonds. The Kier molecular flexibility index (Phi) is 8.08. The highest BCUT2D eigenvalue weighted by Crippen LogP contribution is 2.46. The van der Waals surface area contributed by atoms with E-state index in [2.05, 4.69) is 205 Å². The van der Waals surface area contributed by atoms with E-state index in [0.717, 1.165) is 24.2 Å². The molecule has 0 unspecified atom stereocenters. The summed E-state index contributed by atoms with van der Waals surface area (Å²) in [5, 5.41) is 0. The number of rotatable bonds is 5. The Morgan fingerprint density at radius 2 is 0.647 bits per heavy atom. The molecule has 0 aliphatic heterocycles. The third kappa shape index (κ3) is 5.94. The van der Waals surface area contributed by atoms with Crippen LogP contribution in [0, 0.1) is 0 Å². The summed E-state index contributed by atoms with van der Waals surface area (Å²) in [5.74, 6) is 0. The molecule has 8 aromatic rings. The van der Waals surface area contributed by atoms with Gasteiger partial charge in [0.25, 0.3) is 0 Å². The highest BCUT2D eigenvalue weighted by atomic mass is 15.1. The van der Waals surface area contributed by atoms with Crippen LogP contribution in [0.25, 0.3) is 44.5 Å². The van der Waals surface area contributed by atoms with Crippen molar-refractivity contribution in [3.63, 3.8) is 0 Å². The van der Waals surface area contributed by atoms with Crippen LogP contribution in [0.1, 0.15) is 22.3 Å². The van der Waals surface area contributed by atoms with Gasteiger partial charge in [-0.1, -0.05) is 170 Å². The molecule has 0 bridgehead atoms. The first-order valence-corrected chi connectivity index (χ1v) is 17.8. The molecule has 0 heterocycles. The molecule has 1 aliphatic carbocycles. The number of nitrogens with zero attached hydrogens (tertiary/aromatic N) is 1. The second-order valence-electron chi connectivity index (χ2n) is 13.3. The van der Waals surface area contributed by atoms with E-state index in [1.54, 1.807) is 0 Å². The van der Waals surface area contributed by atoms with Crippen LogP contribution in [0.2, 0.25) is 0 Å². The number of hydrogen-bond donors (Lipinski definition) is 0. The van der Waals surface area contributed by atoms with Crippen LogP contribution < -0.4 is 4.90 Å². The third-order valence-corrected chi connectivity index (χ3v) is 10.2. The maximum absolute atomic E-state index is 2.45. The zero-order valence-electron chi connectivity index (χ0n) is 28.4. The van der Waals surface area contributed by atoms with Gasteiger partial charge in [-0.25, -0.2) is 0 Å². The molecule has 0 saturated heterocycles. The number of hydrogen-bond acceptors (Lipinski definition) is 1. The van der Waals surface area contributed by atoms with Crippen molar-refractivity contribution < 1.29 is 0 Å². The lowest BCUT2D eigenvalue weighted by molar-refractivity contribution is 1.14. The summed E-state index contributed by atoms with van der Waals surface area (Å²) in [6, 6.07) is 73.1. The van der Waals surface area contributed by atoms with Gasteiger partial charge in [-0.3, -0.25) is 0 Å². The Morgan fingerprint density at radius 3 is 1.16 bits per heavy atom. The minimum Gasteiger partial charge on any atom is -0.310 e. The maximum Gasteiger partial charge on any atom is 0.0543 e. The molecule has 0 aromatic heterocycles. The molecule has 9 rings (SSSR count). The molecular weight excluding hydrogens is 615 g/mol. The molecule has 0 saturated carbocycles. The summed E-state index contributed by atoms with van der Waals surface area (Å²) >= 11 is 0. The lowest BCUT2D eigenvalue weighted by atomic mass is 9.83. The van der Waals surface area contributed by atoms with Gasteiger partial charge in [-0.2, -0.15) is 0 Å². The van der Waals surface area contributed by atoms with Gasteiger partial charge >= 0.3 is 0 Å². The van der Waals surface area contributed by atoms with Crippen molar-refractivity contribution in [3.8, 4) is 44.5 Å². The smallest absolute Gasteiger partial charge is 0.0543 e. The molecule has 0 fully saturated rings. The third-order valence-electron chi connectivity index (χ3n) is 10.2. The normalized spacial score (nSPS) is 11.8. The van der Waals surface area contributed by atoms with Crippen molar-refractivity contribution in [3.05, 3.63) is 222 Å². The molecule has 0 atom stereocenters. The van der Waals surface area contributed by atoms with Crippen LogP contribution in [-0.2, 0) is 12.8 Å². The Labute approximate surface area is 300 Å². The van der Waals surface area contributed by atoms with E-state index in [1.807, 2.05) is 0 Å². The van der Waals surface area contributed by atoms with Gasteiger partial charge in [-0.05, 0) is 104 Å². The summed E-state index contributed by atoms with van der Waals surface area (Å²) in [4.78, 5) is 2.45. The first-order valence-electron chi connectivity index (χ1n) is 17.8. The fourth-order valence-electron chi connectivity index (χ4n) is 7.73. The molecule has 1 heteroatoms. The molecule has 0 N–H and O–H groups in total. The van der Waals surface area contributed by atoms with Crippen LogP contribution in [0.4, 0.5) is 17.1 Å². The molecule has 0 spiro atoms. The van der Waals surface area contributed by atoms with Crippen molar-refractivity contribution in [2.45, 2.75) is 12.8 Å². The van der Waals surface area contributed by atoms with Gasteiger partial charge in [0, 0.05) is 16.9 Å². The van der Waals surface area contributed by atoms with E-state index in [4.69, 9.17) is 0 Å². The van der Waals surface area contributed by atoms with E-state index in [-0.39, 0.29) is 0 Å². The van der Waals surface area contributed by atoms with Crippen LogP contribution in [0.5, 0.6) is 0 Å². The minimum atomic E-state index is 0.829. The van der Waals surface area contributed by atoms with Gasteiger partial charge in [0.2, 0.25) is 0 Å². The van der Waals surface area contributed by atoms with Crippen molar-refractivity contribution >= 4 is 17.1 Å². The second kappa shape index (κ2) is 13.5. The fraction of sp³-hybridized carbons (Fsp3) is 0.0400. The van der Waals surface area contributed by atoms with Crippen LogP contribution >= 0.6 is 0 Å². The molecule has 242 valence electrons. The molecule has 1 aliphatic rings. The predicted octanol–water partition coefficient (Wildman–Crippen LogP) is 13.3. The van der Waals surface area contributed by atoms with Gasteiger partial charge in [0.05, 0.1) is 5.69 Å². The van der Waals surface area contributed by atoms with E-state index in [0.29, 0.717) is 0 Å². The lowest BCUT2D eigenvalue weighted by Gasteiger charge is -2.30. The second-order valence-corrected chi connectivity index (χ2v) is 13.3. The maximum atomic E-state index is 2.45. The SMILES string of the molecule is c1ccc(-c2ccc(N(c3ccc(-c4ccccc4)cc3)c3cccc4c3-c3ccccc3Cc3ccccc3-c3ccccc3C4)cc2)cc1. The zero-order valence-corrected chi connectivity index (χ0v) is 28.4. The van der Waals surface area contributed by atoms with Crippen LogP contribution in [0.15, 0.2) is 200 Å². The van der Waals surface area contributed by atoms with E-state index in [9.17, 15) is 0 Å². The first kappa shape index (κ1) is 30.6. The van der Waals surface area contributed by atoms with E-state index in [1.165, 1.54) is 72.4 Å². The molecular formula is C50H37N. The Bertz CT molecular complexity index is 2360. The standard InChI is InChI=1S/C50H37N/c1-3-14-36(15-4-1)38-26-30-44(31-27-38)51(45-32-28-39(29-33-45)37-16-5-2-6-17-37)49-25-13-21-43-35-41-19-8-11-23-47(41)46-22-10-7-18-40(46)34-42-20-9-12-24-48(42)50(43)49/h1-33H,34-35H2. The van der Waals surface area contributed by atoms with Gasteiger partial charge < -0.3 is 4.90 Å². The van der Waals surface area contributed by atoms with E-state index < -0.39 is 0 Å². The highest BCUT2D eigenvalue weighted by molar-refractivity contribution is 5.92. The zero-order chi connectivity index (χ0) is 34.0. The summed E-state index contributed by atoms with van der Waals surface area (Å²) in [6.45, 7) is 0. The van der Waals surface area contributed by atoms with Gasteiger partial charge in [-0.15, -0.1) is 0 Å². The first-order chi connectivity index (χ1) is 25.3. The quantitative estimate of drug-likeness (QED) is 0.179. The molecule has 8 aromatic carbocycles. The average molecular weight is 652 g/mol. The molecule has 1 nitrogen and oxygen atoms in total. The summed E-state index contributed by atoms with van der Waals surface area (Å²) in [7, 11) is 0. The lowest BCUT2D eigenvalue weighted by Crippen LogP contribution is -2.13. The van der Waals surface area contributed by atoms with Gasteiger partial charge in [0.15, 0.2) is 0 Å². The highest BCUT2D eigenvalue weighted by Gasteiger charge is 2.24. The van der Waals surface area contributed by atoms with Crippen molar-refractivity contribution in [1.82, 2.24) is 0 Å². The predicted molar refractivity (Wildman–Crippen MR) is 215 cm³/mol. The van der Waals surface area contributed by atoms with Crippen molar-refractivity contribution in [1.29, 1.82) is 0 Å². The number of anilines is 3. The Hall–Kier alpha value is -6.44. The monoisotopic (exact) mass is 651 g/mol. The minimum absolute atomic E-state index is 0.829. The molecule has 51 heavy (non-hydrogen) atoms. The van der Waals surface area contributed by atoms with Crippen molar-refractivity contribution in [2.24, 2.45) is 0 Å². The Morgan fingerprint density at radius 1 is 0.275 bits per heavy atom. The summed E-state index contributed by atoms with van der Waals surface area (Å²) < 4.78 is 0. The van der Waals surface area contributed by atoms with Gasteiger partial charge in [0.1, 0.15) is 0 Å². The summed E-state index contributed by atoms with van der Waals surface area (Å²) in [6.07, 6.45) is 1.68. The Balaban J connectivity index is 1.26. The topological polar surface area (TPSA) is 3.24 Å². The number of fused-ring (bicyclic) bond motifs is 6. The largest absolute Gasteiger partial charge is 0.310 e. The molecule has 0 radical (unpaired) electrons. The summed E-state index contributed by atoms with van der Waals surface area (Å²) in [5.41, 5.74) is 18.8.